The zero-order chi connectivity index (χ0) is 16.3. The summed E-state index contributed by atoms with van der Waals surface area (Å²) in [5, 5.41) is 24.3. The molecular formula is C14H8FN2O5-. The first-order valence-corrected chi connectivity index (χ1v) is 5.96. The first-order valence-electron chi connectivity index (χ1n) is 5.96. The highest BCUT2D eigenvalue weighted by molar-refractivity contribution is 6.13. The van der Waals surface area contributed by atoms with Crippen molar-refractivity contribution in [2.24, 2.45) is 0 Å². The topological polar surface area (TPSA) is 112 Å². The summed E-state index contributed by atoms with van der Waals surface area (Å²) < 4.78 is 12.8. The average Bonchev–Trinajstić information content (AvgIpc) is 2.48. The SMILES string of the molecule is O=C([O-])c1cccc([N+](=O)[O-])c1C(=O)Nc1ccc(F)cc1. The molecule has 7 nitrogen and oxygen atoms in total. The molecule has 2 aromatic rings. The monoisotopic (exact) mass is 303 g/mol. The van der Waals surface area contributed by atoms with Crippen molar-refractivity contribution < 1.29 is 24.0 Å². The van der Waals surface area contributed by atoms with Gasteiger partial charge in [-0.3, -0.25) is 14.9 Å². The van der Waals surface area contributed by atoms with E-state index < -0.39 is 39.4 Å². The van der Waals surface area contributed by atoms with Gasteiger partial charge in [-0.1, -0.05) is 12.1 Å². The third-order valence-corrected chi connectivity index (χ3v) is 2.79. The van der Waals surface area contributed by atoms with Gasteiger partial charge in [-0.25, -0.2) is 4.39 Å². The molecule has 0 unspecified atom stereocenters. The Morgan fingerprint density at radius 1 is 1.09 bits per heavy atom. The number of anilines is 1. The maximum Gasteiger partial charge on any atom is 0.282 e. The zero-order valence-electron chi connectivity index (χ0n) is 10.9. The second-order valence-electron chi connectivity index (χ2n) is 4.21. The van der Waals surface area contributed by atoms with Crippen LogP contribution in [-0.4, -0.2) is 16.8 Å². The molecule has 0 aliphatic heterocycles. The molecule has 0 atom stereocenters. The lowest BCUT2D eigenvalue weighted by Crippen LogP contribution is -2.27. The summed E-state index contributed by atoms with van der Waals surface area (Å²) in [6.07, 6.45) is 0. The average molecular weight is 303 g/mol. The molecule has 0 saturated heterocycles. The maximum absolute atomic E-state index is 12.8. The van der Waals surface area contributed by atoms with E-state index >= 15 is 0 Å². The summed E-state index contributed by atoms with van der Waals surface area (Å²) >= 11 is 0. The van der Waals surface area contributed by atoms with Crippen LogP contribution in [0.2, 0.25) is 0 Å². The van der Waals surface area contributed by atoms with Crippen LogP contribution < -0.4 is 10.4 Å². The fraction of sp³-hybridized carbons (Fsp3) is 0. The van der Waals surface area contributed by atoms with Gasteiger partial charge in [0, 0.05) is 17.3 Å². The van der Waals surface area contributed by atoms with Crippen LogP contribution >= 0.6 is 0 Å². The predicted molar refractivity (Wildman–Crippen MR) is 71.8 cm³/mol. The number of nitrogens with one attached hydrogen (secondary N) is 1. The zero-order valence-corrected chi connectivity index (χ0v) is 10.9. The van der Waals surface area contributed by atoms with Gasteiger partial charge in [0.1, 0.15) is 11.4 Å². The quantitative estimate of drug-likeness (QED) is 0.676. The normalized spacial score (nSPS) is 10.0. The number of aromatic carboxylic acids is 1. The lowest BCUT2D eigenvalue weighted by Gasteiger charge is -2.11. The number of nitro groups is 1. The highest BCUT2D eigenvalue weighted by atomic mass is 19.1. The fourth-order valence-corrected chi connectivity index (χ4v) is 1.83. The molecule has 0 bridgehead atoms. The van der Waals surface area contributed by atoms with Gasteiger partial charge in [-0.15, -0.1) is 0 Å². The first kappa shape index (κ1) is 15.1. The molecule has 0 spiro atoms. The van der Waals surface area contributed by atoms with E-state index in [4.69, 9.17) is 0 Å². The summed E-state index contributed by atoms with van der Waals surface area (Å²) in [4.78, 5) is 33.3. The van der Waals surface area contributed by atoms with Crippen molar-refractivity contribution in [3.63, 3.8) is 0 Å². The van der Waals surface area contributed by atoms with Crippen LogP contribution in [0.4, 0.5) is 15.8 Å². The Hall–Kier alpha value is -3.29. The number of hydrogen-bond donors (Lipinski definition) is 1. The Labute approximate surface area is 123 Å². The third kappa shape index (κ3) is 3.06. The number of carbonyl (C=O) groups excluding carboxylic acids is 2. The Bertz CT molecular complexity index is 726. The molecule has 1 N–H and O–H groups in total. The molecular weight excluding hydrogens is 295 g/mol. The molecule has 0 radical (unpaired) electrons. The highest BCUT2D eigenvalue weighted by Crippen LogP contribution is 2.23. The van der Waals surface area contributed by atoms with Gasteiger partial charge >= 0.3 is 0 Å². The minimum Gasteiger partial charge on any atom is -0.545 e. The van der Waals surface area contributed by atoms with Gasteiger partial charge in [0.05, 0.1) is 10.9 Å². The van der Waals surface area contributed by atoms with Gasteiger partial charge < -0.3 is 15.2 Å². The molecule has 8 heteroatoms. The molecule has 2 rings (SSSR count). The first-order chi connectivity index (χ1) is 10.4. The Kier molecular flexibility index (Phi) is 4.12. The summed E-state index contributed by atoms with van der Waals surface area (Å²) in [5.41, 5.74) is -1.74. The van der Waals surface area contributed by atoms with E-state index in [1.807, 2.05) is 0 Å². The Morgan fingerprint density at radius 3 is 2.27 bits per heavy atom. The van der Waals surface area contributed by atoms with E-state index in [1.54, 1.807) is 0 Å². The van der Waals surface area contributed by atoms with Crippen LogP contribution in [0.5, 0.6) is 0 Å². The second-order valence-corrected chi connectivity index (χ2v) is 4.21. The summed E-state index contributed by atoms with van der Waals surface area (Å²) in [7, 11) is 0. The van der Waals surface area contributed by atoms with Crippen molar-refractivity contribution in [2.45, 2.75) is 0 Å². The minimum absolute atomic E-state index is 0.161. The number of halogens is 1. The van der Waals surface area contributed by atoms with Crippen molar-refractivity contribution in [2.75, 3.05) is 5.32 Å². The van der Waals surface area contributed by atoms with E-state index in [2.05, 4.69) is 5.32 Å². The molecule has 0 saturated carbocycles. The van der Waals surface area contributed by atoms with Crippen LogP contribution in [0.3, 0.4) is 0 Å². The lowest BCUT2D eigenvalue weighted by molar-refractivity contribution is -0.385. The Morgan fingerprint density at radius 2 is 1.73 bits per heavy atom. The number of nitro benzene ring substituents is 1. The van der Waals surface area contributed by atoms with Crippen LogP contribution in [0.15, 0.2) is 42.5 Å². The third-order valence-electron chi connectivity index (χ3n) is 2.79. The standard InChI is InChI=1S/C14H9FN2O5/c15-8-4-6-9(7-5-8)16-13(18)12-10(14(19)20)2-1-3-11(12)17(21)22/h1-7H,(H,16,18)(H,19,20)/p-1. The van der Waals surface area contributed by atoms with Crippen LogP contribution in [0, 0.1) is 15.9 Å². The number of carboxylic acids is 1. The molecule has 0 aliphatic carbocycles. The molecule has 112 valence electrons. The van der Waals surface area contributed by atoms with Gasteiger partial charge in [-0.2, -0.15) is 0 Å². The summed E-state index contributed by atoms with van der Waals surface area (Å²) in [6, 6.07) is 7.80. The molecule has 0 aliphatic rings. The molecule has 0 fully saturated rings. The van der Waals surface area contributed by atoms with Gasteiger partial charge in [-0.05, 0) is 24.3 Å². The number of benzene rings is 2. The van der Waals surface area contributed by atoms with Crippen molar-refractivity contribution >= 4 is 23.3 Å². The van der Waals surface area contributed by atoms with E-state index in [1.165, 1.54) is 12.1 Å². The van der Waals surface area contributed by atoms with Crippen LogP contribution in [0.1, 0.15) is 20.7 Å². The number of carboxylic acid groups (broad SMARTS) is 1. The fourth-order valence-electron chi connectivity index (χ4n) is 1.83. The van der Waals surface area contributed by atoms with Crippen LogP contribution in [0.25, 0.3) is 0 Å². The van der Waals surface area contributed by atoms with Gasteiger partial charge in [0.25, 0.3) is 11.6 Å². The largest absolute Gasteiger partial charge is 0.545 e. The summed E-state index contributed by atoms with van der Waals surface area (Å²) in [5.74, 6) is -3.25. The van der Waals surface area contributed by atoms with E-state index in [-0.39, 0.29) is 5.69 Å². The predicted octanol–water partition coefficient (Wildman–Crippen LogP) is 1.35. The molecule has 0 aromatic heterocycles. The molecule has 0 heterocycles. The van der Waals surface area contributed by atoms with Gasteiger partial charge in [0.15, 0.2) is 0 Å². The molecule has 22 heavy (non-hydrogen) atoms. The number of carbonyl (C=O) groups is 2. The number of rotatable bonds is 4. The Balaban J connectivity index is 2.45. The van der Waals surface area contributed by atoms with E-state index in [0.717, 1.165) is 30.3 Å². The second kappa shape index (κ2) is 6.00. The number of hydrogen-bond acceptors (Lipinski definition) is 5. The van der Waals surface area contributed by atoms with Crippen molar-refractivity contribution in [1.29, 1.82) is 0 Å². The van der Waals surface area contributed by atoms with E-state index in [9.17, 15) is 29.2 Å². The minimum atomic E-state index is -1.71. The molecule has 2 aromatic carbocycles. The smallest absolute Gasteiger partial charge is 0.282 e. The van der Waals surface area contributed by atoms with Crippen LogP contribution in [-0.2, 0) is 0 Å². The molecule has 1 amide bonds. The van der Waals surface area contributed by atoms with Crippen molar-refractivity contribution in [3.05, 3.63) is 69.5 Å². The number of amides is 1. The van der Waals surface area contributed by atoms with E-state index in [0.29, 0.717) is 0 Å². The lowest BCUT2D eigenvalue weighted by atomic mass is 10.0. The van der Waals surface area contributed by atoms with Crippen molar-refractivity contribution in [1.82, 2.24) is 0 Å². The van der Waals surface area contributed by atoms with Crippen molar-refractivity contribution in [3.8, 4) is 0 Å². The summed E-state index contributed by atoms with van der Waals surface area (Å²) in [6.45, 7) is 0. The maximum atomic E-state index is 12.8. The number of nitrogens with zero attached hydrogens (tertiary/aromatic N) is 1. The highest BCUT2D eigenvalue weighted by Gasteiger charge is 2.24. The van der Waals surface area contributed by atoms with Gasteiger partial charge in [0.2, 0.25) is 0 Å².